The molecule has 1 N–H and O–H groups in total. The predicted octanol–water partition coefficient (Wildman–Crippen LogP) is 6.24. The smallest absolute Gasteiger partial charge is 0.255 e. The molecule has 34 heavy (non-hydrogen) atoms. The minimum atomic E-state index is -1.11. The summed E-state index contributed by atoms with van der Waals surface area (Å²) in [5.41, 5.74) is 3.42. The van der Waals surface area contributed by atoms with E-state index in [9.17, 15) is 14.0 Å². The maximum atomic E-state index is 14.7. The second-order valence-electron chi connectivity index (χ2n) is 9.23. The zero-order chi connectivity index (χ0) is 23.6. The number of aryl methyl sites for hydroxylation is 1. The number of amides is 2. The number of nitrogens with one attached hydrogen (secondary N) is 1. The number of hydrogen-bond donors (Lipinski definition) is 1. The Kier molecular flexibility index (Phi) is 4.99. The van der Waals surface area contributed by atoms with Crippen LogP contribution in [0.15, 0.2) is 69.6 Å². The van der Waals surface area contributed by atoms with E-state index < -0.39 is 18.3 Å². The Morgan fingerprint density at radius 2 is 1.82 bits per heavy atom. The zero-order valence-corrected chi connectivity index (χ0v) is 20.0. The van der Waals surface area contributed by atoms with Gasteiger partial charge in [-0.15, -0.1) is 0 Å². The Balaban J connectivity index is 1.32. The van der Waals surface area contributed by atoms with E-state index in [1.165, 1.54) is 4.90 Å². The summed E-state index contributed by atoms with van der Waals surface area (Å²) in [6.45, 7) is 1.85. The number of rotatable bonds is 3. The first-order valence-electron chi connectivity index (χ1n) is 11.4. The molecule has 4 atom stereocenters. The summed E-state index contributed by atoms with van der Waals surface area (Å²) in [6, 6.07) is 17.3. The normalized spacial score (nSPS) is 23.7. The second kappa shape index (κ2) is 7.94. The Hall–Kier alpha value is -3.19. The lowest BCUT2D eigenvalue weighted by molar-refractivity contribution is -0.122. The van der Waals surface area contributed by atoms with Crippen molar-refractivity contribution < 1.29 is 18.4 Å². The number of alkyl halides is 1. The molecule has 1 saturated carbocycles. The Morgan fingerprint density at radius 3 is 2.65 bits per heavy atom. The number of halogens is 2. The summed E-state index contributed by atoms with van der Waals surface area (Å²) < 4.78 is 21.5. The number of para-hydroxylation sites is 1. The maximum absolute atomic E-state index is 14.7. The lowest BCUT2D eigenvalue weighted by Crippen LogP contribution is -2.54. The number of benzene rings is 3. The molecule has 0 spiro atoms. The van der Waals surface area contributed by atoms with Crippen LogP contribution in [-0.2, 0) is 4.79 Å². The highest BCUT2D eigenvalue weighted by atomic mass is 79.9. The molecule has 2 amide bonds. The van der Waals surface area contributed by atoms with Crippen molar-refractivity contribution in [1.82, 2.24) is 4.90 Å². The quantitative estimate of drug-likeness (QED) is 0.348. The molecule has 1 aliphatic carbocycles. The molecule has 2 unspecified atom stereocenters. The number of piperidine rings is 1. The topological polar surface area (TPSA) is 62.6 Å². The molecule has 2 heterocycles. The third-order valence-corrected chi connectivity index (χ3v) is 7.65. The molecule has 5 nitrogen and oxygen atoms in total. The van der Waals surface area contributed by atoms with Crippen LogP contribution in [0.3, 0.4) is 0 Å². The number of likely N-dealkylation sites (tertiary alicyclic amines) is 1. The lowest BCUT2D eigenvalue weighted by atomic mass is 9.95. The van der Waals surface area contributed by atoms with Crippen molar-refractivity contribution in [2.75, 3.05) is 5.32 Å². The first-order chi connectivity index (χ1) is 16.4. The number of anilines is 1. The van der Waals surface area contributed by atoms with Crippen LogP contribution in [0, 0.1) is 12.8 Å². The second-order valence-corrected chi connectivity index (χ2v) is 10.1. The number of carbonyl (C=O) groups is 2. The first kappa shape index (κ1) is 21.4. The predicted molar refractivity (Wildman–Crippen MR) is 133 cm³/mol. The highest BCUT2D eigenvalue weighted by Crippen LogP contribution is 2.45. The highest BCUT2D eigenvalue weighted by Gasteiger charge is 2.56. The molecule has 6 rings (SSSR count). The Labute approximate surface area is 204 Å². The van der Waals surface area contributed by atoms with Crippen LogP contribution >= 0.6 is 15.9 Å². The molecule has 1 aliphatic heterocycles. The number of furan rings is 1. The van der Waals surface area contributed by atoms with Crippen molar-refractivity contribution in [3.8, 4) is 0 Å². The fourth-order valence-electron chi connectivity index (χ4n) is 5.62. The largest absolute Gasteiger partial charge is 0.456 e. The molecule has 2 aliphatic rings. The monoisotopic (exact) mass is 520 g/mol. The van der Waals surface area contributed by atoms with Crippen LogP contribution in [0.2, 0.25) is 0 Å². The van der Waals surface area contributed by atoms with Crippen LogP contribution in [0.4, 0.5) is 10.1 Å². The van der Waals surface area contributed by atoms with Gasteiger partial charge in [-0.3, -0.25) is 9.59 Å². The van der Waals surface area contributed by atoms with Gasteiger partial charge < -0.3 is 14.6 Å². The fourth-order valence-corrected chi connectivity index (χ4v) is 6.10. The maximum Gasteiger partial charge on any atom is 0.255 e. The van der Waals surface area contributed by atoms with Crippen LogP contribution < -0.4 is 5.32 Å². The van der Waals surface area contributed by atoms with Gasteiger partial charge in [-0.2, -0.15) is 0 Å². The van der Waals surface area contributed by atoms with Gasteiger partial charge in [0.15, 0.2) is 0 Å². The SMILES string of the molecule is Cc1cc(Br)ccc1C(=O)N1C2CC(C[C@H]2F)[C@@H]1C(=O)Nc1ccc2oc3ccccc3c2c1. The molecule has 1 saturated heterocycles. The van der Waals surface area contributed by atoms with E-state index in [-0.39, 0.29) is 17.7 Å². The number of carbonyl (C=O) groups excluding carboxylic acids is 2. The molecule has 3 aromatic carbocycles. The van der Waals surface area contributed by atoms with Crippen molar-refractivity contribution in [3.05, 3.63) is 76.3 Å². The zero-order valence-electron chi connectivity index (χ0n) is 18.4. The number of fused-ring (bicyclic) bond motifs is 5. The minimum absolute atomic E-state index is 0.196. The van der Waals surface area contributed by atoms with E-state index in [0.29, 0.717) is 24.1 Å². The standard InChI is InChI=1S/C27H22BrFN2O3/c1-14-10-16(28)6-8-18(14)27(33)31-22-12-15(11-21(22)29)25(31)26(32)30-17-7-9-24-20(13-17)19-4-2-3-5-23(19)34-24/h2-10,13,15,21-22,25H,11-12H2,1H3,(H,30,32)/t15?,21-,22?,25-/m1/s1. The molecule has 2 bridgehead atoms. The molecule has 2 fully saturated rings. The van der Waals surface area contributed by atoms with Crippen molar-refractivity contribution in [1.29, 1.82) is 0 Å². The molecule has 0 radical (unpaired) electrons. The van der Waals surface area contributed by atoms with Gasteiger partial charge in [-0.05, 0) is 73.7 Å². The fraction of sp³-hybridized carbons (Fsp3) is 0.259. The summed E-state index contributed by atoms with van der Waals surface area (Å²) in [4.78, 5) is 28.5. The van der Waals surface area contributed by atoms with Crippen molar-refractivity contribution in [3.63, 3.8) is 0 Å². The van der Waals surface area contributed by atoms with Crippen LogP contribution in [-0.4, -0.2) is 35.0 Å². The molecular weight excluding hydrogens is 499 g/mol. The van der Waals surface area contributed by atoms with Gasteiger partial charge in [-0.1, -0.05) is 34.1 Å². The third kappa shape index (κ3) is 3.33. The summed E-state index contributed by atoms with van der Waals surface area (Å²) in [5, 5.41) is 4.86. The Bertz CT molecular complexity index is 1470. The van der Waals surface area contributed by atoms with E-state index >= 15 is 0 Å². The van der Waals surface area contributed by atoms with Gasteiger partial charge in [0.2, 0.25) is 5.91 Å². The van der Waals surface area contributed by atoms with E-state index in [4.69, 9.17) is 4.42 Å². The average molecular weight is 521 g/mol. The number of hydrogen-bond acceptors (Lipinski definition) is 3. The van der Waals surface area contributed by atoms with Crippen molar-refractivity contribution in [2.45, 2.75) is 38.0 Å². The third-order valence-electron chi connectivity index (χ3n) is 7.16. The first-order valence-corrected chi connectivity index (χ1v) is 12.1. The highest BCUT2D eigenvalue weighted by molar-refractivity contribution is 9.10. The Morgan fingerprint density at radius 1 is 1.03 bits per heavy atom. The summed E-state index contributed by atoms with van der Waals surface area (Å²) in [5.74, 6) is -0.774. The van der Waals surface area contributed by atoms with Gasteiger partial charge in [0, 0.05) is 26.5 Å². The molecule has 1 aromatic heterocycles. The van der Waals surface area contributed by atoms with E-state index in [2.05, 4.69) is 21.2 Å². The average Bonchev–Trinajstić information content (AvgIpc) is 3.48. The summed E-state index contributed by atoms with van der Waals surface area (Å²) >= 11 is 3.42. The van der Waals surface area contributed by atoms with E-state index in [1.54, 1.807) is 18.2 Å². The van der Waals surface area contributed by atoms with Crippen LogP contribution in [0.5, 0.6) is 0 Å². The minimum Gasteiger partial charge on any atom is -0.456 e. The van der Waals surface area contributed by atoms with Crippen LogP contribution in [0.1, 0.15) is 28.8 Å². The van der Waals surface area contributed by atoms with E-state index in [1.807, 2.05) is 49.4 Å². The molecule has 172 valence electrons. The van der Waals surface area contributed by atoms with Crippen molar-refractivity contribution >= 4 is 55.4 Å². The molecular formula is C27H22BrFN2O3. The van der Waals surface area contributed by atoms with Gasteiger partial charge in [0.1, 0.15) is 23.4 Å². The summed E-state index contributed by atoms with van der Waals surface area (Å²) in [7, 11) is 0. The van der Waals surface area contributed by atoms with Crippen LogP contribution in [0.25, 0.3) is 21.9 Å². The lowest BCUT2D eigenvalue weighted by Gasteiger charge is -2.36. The van der Waals surface area contributed by atoms with Gasteiger partial charge in [0.05, 0.1) is 6.04 Å². The summed E-state index contributed by atoms with van der Waals surface area (Å²) in [6.07, 6.45) is -0.300. The van der Waals surface area contributed by atoms with Crippen molar-refractivity contribution in [2.24, 2.45) is 5.92 Å². The van der Waals surface area contributed by atoms with E-state index in [0.717, 1.165) is 32.0 Å². The van der Waals surface area contributed by atoms with Gasteiger partial charge in [-0.25, -0.2) is 4.39 Å². The molecule has 7 heteroatoms. The van der Waals surface area contributed by atoms with Gasteiger partial charge >= 0.3 is 0 Å². The number of nitrogens with zero attached hydrogens (tertiary/aromatic N) is 1. The molecule has 4 aromatic rings. The van der Waals surface area contributed by atoms with Gasteiger partial charge in [0.25, 0.3) is 5.91 Å².